The van der Waals surface area contributed by atoms with Crippen LogP contribution in [-0.2, 0) is 0 Å². The molecule has 2 aromatic carbocycles. The molecule has 0 saturated heterocycles. The van der Waals surface area contributed by atoms with E-state index in [9.17, 15) is 9.60 Å². The van der Waals surface area contributed by atoms with Gasteiger partial charge in [-0.1, -0.05) is 0 Å². The van der Waals surface area contributed by atoms with Gasteiger partial charge in [-0.25, -0.2) is 9.37 Å². The molecule has 0 aliphatic rings. The Kier molecular flexibility index (Phi) is 2.43. The second-order valence-corrected chi connectivity index (χ2v) is 4.07. The maximum atomic E-state index is 12.9. The summed E-state index contributed by atoms with van der Waals surface area (Å²) >= 11 is 0. The standard InChI is InChI=1S/C14H8FN3O/c15-11-4-2-10(3-5-11)14-17-12-6-1-9(8-16)7-13(12)18(14)19/h1-7,19H. The van der Waals surface area contributed by atoms with Gasteiger partial charge in [0.05, 0.1) is 17.1 Å². The van der Waals surface area contributed by atoms with Gasteiger partial charge in [0.15, 0.2) is 5.82 Å². The summed E-state index contributed by atoms with van der Waals surface area (Å²) in [4.78, 5) is 4.27. The lowest BCUT2D eigenvalue weighted by atomic mass is 10.2. The molecular formula is C14H8FN3O. The Bertz CT molecular complexity index is 800. The zero-order valence-electron chi connectivity index (χ0n) is 9.71. The average molecular weight is 253 g/mol. The third-order valence-corrected chi connectivity index (χ3v) is 2.86. The van der Waals surface area contributed by atoms with Gasteiger partial charge < -0.3 is 5.21 Å². The topological polar surface area (TPSA) is 61.8 Å². The summed E-state index contributed by atoms with van der Waals surface area (Å²) in [5.41, 5.74) is 2.05. The molecule has 0 unspecified atom stereocenters. The number of hydrogen-bond acceptors (Lipinski definition) is 3. The van der Waals surface area contributed by atoms with Crippen molar-refractivity contribution in [1.82, 2.24) is 9.71 Å². The van der Waals surface area contributed by atoms with E-state index in [0.717, 1.165) is 4.73 Å². The molecule has 1 heterocycles. The van der Waals surface area contributed by atoms with Crippen molar-refractivity contribution in [2.24, 2.45) is 0 Å². The lowest BCUT2D eigenvalue weighted by molar-refractivity contribution is 0.203. The monoisotopic (exact) mass is 253 g/mol. The van der Waals surface area contributed by atoms with Crippen LogP contribution in [0.5, 0.6) is 0 Å². The Hall–Kier alpha value is -2.87. The van der Waals surface area contributed by atoms with E-state index in [0.29, 0.717) is 28.0 Å². The van der Waals surface area contributed by atoms with Gasteiger partial charge in [0.25, 0.3) is 0 Å². The van der Waals surface area contributed by atoms with Crippen molar-refractivity contribution >= 4 is 11.0 Å². The molecule has 3 aromatic rings. The summed E-state index contributed by atoms with van der Waals surface area (Å²) in [6.45, 7) is 0. The number of rotatable bonds is 1. The molecule has 19 heavy (non-hydrogen) atoms. The van der Waals surface area contributed by atoms with E-state index in [1.807, 2.05) is 6.07 Å². The van der Waals surface area contributed by atoms with Crippen LogP contribution < -0.4 is 0 Å². The minimum absolute atomic E-state index is 0.310. The third-order valence-electron chi connectivity index (χ3n) is 2.86. The van der Waals surface area contributed by atoms with Crippen LogP contribution in [-0.4, -0.2) is 14.9 Å². The first kappa shape index (κ1) is 11.2. The number of fused-ring (bicyclic) bond motifs is 1. The van der Waals surface area contributed by atoms with Crippen molar-refractivity contribution in [1.29, 1.82) is 5.26 Å². The minimum atomic E-state index is -0.351. The van der Waals surface area contributed by atoms with E-state index in [4.69, 9.17) is 5.26 Å². The fraction of sp³-hybridized carbons (Fsp3) is 0. The van der Waals surface area contributed by atoms with E-state index in [-0.39, 0.29) is 5.82 Å². The summed E-state index contributed by atoms with van der Waals surface area (Å²) < 4.78 is 13.8. The molecule has 4 nitrogen and oxygen atoms in total. The van der Waals surface area contributed by atoms with Gasteiger partial charge in [-0.2, -0.15) is 9.99 Å². The van der Waals surface area contributed by atoms with Crippen LogP contribution in [0.3, 0.4) is 0 Å². The number of halogens is 1. The summed E-state index contributed by atoms with van der Waals surface area (Å²) in [6.07, 6.45) is 0. The Morgan fingerprint density at radius 1 is 1.16 bits per heavy atom. The summed E-state index contributed by atoms with van der Waals surface area (Å²) in [7, 11) is 0. The molecule has 0 fully saturated rings. The second kappa shape index (κ2) is 4.10. The second-order valence-electron chi connectivity index (χ2n) is 4.07. The molecule has 3 rings (SSSR count). The fourth-order valence-corrected chi connectivity index (χ4v) is 1.92. The van der Waals surface area contributed by atoms with Crippen molar-refractivity contribution in [2.45, 2.75) is 0 Å². The van der Waals surface area contributed by atoms with Crippen LogP contribution in [0.1, 0.15) is 5.56 Å². The highest BCUT2D eigenvalue weighted by molar-refractivity contribution is 5.81. The smallest absolute Gasteiger partial charge is 0.176 e. The zero-order chi connectivity index (χ0) is 13.4. The average Bonchev–Trinajstić information content (AvgIpc) is 2.76. The Labute approximate surface area is 107 Å². The van der Waals surface area contributed by atoms with Crippen LogP contribution in [0.4, 0.5) is 4.39 Å². The molecule has 0 amide bonds. The largest absolute Gasteiger partial charge is 0.426 e. The van der Waals surface area contributed by atoms with E-state index in [1.54, 1.807) is 18.2 Å². The van der Waals surface area contributed by atoms with Gasteiger partial charge in [-0.05, 0) is 42.5 Å². The van der Waals surface area contributed by atoms with Gasteiger partial charge in [0.1, 0.15) is 11.3 Å². The SMILES string of the molecule is N#Cc1ccc2nc(-c3ccc(F)cc3)n(O)c2c1. The normalized spacial score (nSPS) is 10.5. The van der Waals surface area contributed by atoms with E-state index < -0.39 is 0 Å². The first-order valence-corrected chi connectivity index (χ1v) is 5.57. The quantitative estimate of drug-likeness (QED) is 0.678. The molecule has 0 bridgehead atoms. The van der Waals surface area contributed by atoms with E-state index >= 15 is 0 Å². The Morgan fingerprint density at radius 3 is 2.58 bits per heavy atom. The van der Waals surface area contributed by atoms with Gasteiger partial charge in [-0.3, -0.25) is 0 Å². The molecule has 0 atom stereocenters. The Balaban J connectivity index is 2.23. The number of nitrogens with zero attached hydrogens (tertiary/aromatic N) is 3. The number of nitriles is 1. The molecule has 1 N–H and O–H groups in total. The van der Waals surface area contributed by atoms with E-state index in [1.165, 1.54) is 24.3 Å². The predicted octanol–water partition coefficient (Wildman–Crippen LogP) is 2.95. The first-order valence-electron chi connectivity index (χ1n) is 5.57. The lowest BCUT2D eigenvalue weighted by Crippen LogP contribution is -1.94. The maximum Gasteiger partial charge on any atom is 0.176 e. The lowest BCUT2D eigenvalue weighted by Gasteiger charge is -2.00. The summed E-state index contributed by atoms with van der Waals surface area (Å²) in [6, 6.07) is 12.5. The summed E-state index contributed by atoms with van der Waals surface area (Å²) in [5, 5.41) is 18.9. The van der Waals surface area contributed by atoms with Crippen LogP contribution in [0.25, 0.3) is 22.4 Å². The van der Waals surface area contributed by atoms with Crippen molar-refractivity contribution in [3.63, 3.8) is 0 Å². The molecule has 0 radical (unpaired) electrons. The molecule has 0 aliphatic carbocycles. The fourth-order valence-electron chi connectivity index (χ4n) is 1.92. The number of benzene rings is 2. The molecule has 0 aliphatic heterocycles. The van der Waals surface area contributed by atoms with Crippen molar-refractivity contribution in [3.8, 4) is 17.5 Å². The van der Waals surface area contributed by atoms with Crippen molar-refractivity contribution < 1.29 is 9.60 Å². The molecule has 0 saturated carbocycles. The van der Waals surface area contributed by atoms with Gasteiger partial charge in [0.2, 0.25) is 0 Å². The molecular weight excluding hydrogens is 245 g/mol. The number of imidazole rings is 1. The molecule has 5 heteroatoms. The van der Waals surface area contributed by atoms with Crippen LogP contribution >= 0.6 is 0 Å². The van der Waals surface area contributed by atoms with Crippen LogP contribution in [0.15, 0.2) is 42.5 Å². The first-order chi connectivity index (χ1) is 9.19. The van der Waals surface area contributed by atoms with Gasteiger partial charge >= 0.3 is 0 Å². The van der Waals surface area contributed by atoms with Crippen LogP contribution in [0.2, 0.25) is 0 Å². The van der Waals surface area contributed by atoms with Crippen molar-refractivity contribution in [3.05, 3.63) is 53.8 Å². The highest BCUT2D eigenvalue weighted by Gasteiger charge is 2.12. The molecule has 0 spiro atoms. The number of aromatic nitrogens is 2. The van der Waals surface area contributed by atoms with Crippen LogP contribution in [0, 0.1) is 17.1 Å². The molecule has 92 valence electrons. The minimum Gasteiger partial charge on any atom is -0.426 e. The highest BCUT2D eigenvalue weighted by atomic mass is 19.1. The zero-order valence-corrected chi connectivity index (χ0v) is 9.71. The summed E-state index contributed by atoms with van der Waals surface area (Å²) in [5.74, 6) is -0.0405. The van der Waals surface area contributed by atoms with Crippen molar-refractivity contribution in [2.75, 3.05) is 0 Å². The van der Waals surface area contributed by atoms with Gasteiger partial charge in [0, 0.05) is 5.56 Å². The van der Waals surface area contributed by atoms with Gasteiger partial charge in [-0.15, -0.1) is 0 Å². The Morgan fingerprint density at radius 2 is 1.89 bits per heavy atom. The number of hydrogen-bond donors (Lipinski definition) is 1. The maximum absolute atomic E-state index is 12.9. The predicted molar refractivity (Wildman–Crippen MR) is 67.0 cm³/mol. The highest BCUT2D eigenvalue weighted by Crippen LogP contribution is 2.24. The molecule has 1 aromatic heterocycles. The third kappa shape index (κ3) is 1.79. The van der Waals surface area contributed by atoms with E-state index in [2.05, 4.69) is 4.98 Å².